The predicted octanol–water partition coefficient (Wildman–Crippen LogP) is 5.70. The van der Waals surface area contributed by atoms with Crippen molar-refractivity contribution in [3.63, 3.8) is 0 Å². The Balaban J connectivity index is 2.48. The quantitative estimate of drug-likeness (QED) is 0.186. The van der Waals surface area contributed by atoms with Gasteiger partial charge in [0.25, 0.3) is 0 Å². The van der Waals surface area contributed by atoms with E-state index < -0.39 is 17.4 Å². The maximum absolute atomic E-state index is 12.6. The molecule has 0 saturated carbocycles. The molecule has 0 unspecified atom stereocenters. The van der Waals surface area contributed by atoms with Gasteiger partial charge >= 0.3 is 11.9 Å². The lowest BCUT2D eigenvalue weighted by atomic mass is 9.94. The van der Waals surface area contributed by atoms with Gasteiger partial charge in [-0.05, 0) is 46.2 Å². The van der Waals surface area contributed by atoms with Crippen LogP contribution in [-0.4, -0.2) is 24.6 Å². The van der Waals surface area contributed by atoms with Gasteiger partial charge in [-0.15, -0.1) is 0 Å². The van der Waals surface area contributed by atoms with E-state index in [9.17, 15) is 9.59 Å². The second kappa shape index (κ2) is 12.4. The molecule has 0 amide bonds. The highest BCUT2D eigenvalue weighted by Crippen LogP contribution is 2.30. The maximum Gasteiger partial charge on any atom is 0.328 e. The molecule has 158 valence electrons. The smallest absolute Gasteiger partial charge is 0.328 e. The van der Waals surface area contributed by atoms with Crippen molar-refractivity contribution in [1.29, 1.82) is 0 Å². The molecule has 0 spiro atoms. The standard InChI is InChI=1S/C23H36O5/c1-6-7-8-9-10-11-14-17-26-21(24)23(4,5)22(25)28-20-16-13-12-15-19(20)27-18(2)3/h12-13,15-16,18H,6-11,14,17H2,1-5H3. The minimum absolute atomic E-state index is 0.0557. The number of benzene rings is 1. The molecular formula is C23H36O5. The minimum atomic E-state index is -1.38. The van der Waals surface area contributed by atoms with E-state index >= 15 is 0 Å². The summed E-state index contributed by atoms with van der Waals surface area (Å²) in [5, 5.41) is 0. The molecule has 5 nitrogen and oxygen atoms in total. The summed E-state index contributed by atoms with van der Waals surface area (Å²) in [5.41, 5.74) is -1.38. The zero-order chi connectivity index (χ0) is 21.0. The maximum atomic E-state index is 12.6. The second-order valence-electron chi connectivity index (χ2n) is 7.89. The van der Waals surface area contributed by atoms with Crippen LogP contribution >= 0.6 is 0 Å². The van der Waals surface area contributed by atoms with Crippen molar-refractivity contribution in [3.05, 3.63) is 24.3 Å². The molecule has 1 aromatic carbocycles. The molecule has 0 aliphatic heterocycles. The van der Waals surface area contributed by atoms with Crippen molar-refractivity contribution in [2.24, 2.45) is 5.41 Å². The summed E-state index contributed by atoms with van der Waals surface area (Å²) < 4.78 is 16.4. The predicted molar refractivity (Wildman–Crippen MR) is 111 cm³/mol. The molecule has 0 radical (unpaired) electrons. The van der Waals surface area contributed by atoms with Crippen LogP contribution in [0.4, 0.5) is 0 Å². The lowest BCUT2D eigenvalue weighted by molar-refractivity contribution is -0.164. The highest BCUT2D eigenvalue weighted by Gasteiger charge is 2.40. The van der Waals surface area contributed by atoms with E-state index in [1.807, 2.05) is 13.8 Å². The van der Waals surface area contributed by atoms with Crippen LogP contribution in [0.2, 0.25) is 0 Å². The summed E-state index contributed by atoms with van der Waals surface area (Å²) >= 11 is 0. The lowest BCUT2D eigenvalue weighted by Gasteiger charge is -2.22. The molecule has 1 aromatic rings. The summed E-state index contributed by atoms with van der Waals surface area (Å²) in [6.45, 7) is 9.36. The first kappa shape index (κ1) is 24.0. The lowest BCUT2D eigenvalue weighted by Crippen LogP contribution is -2.38. The number of unbranched alkanes of at least 4 members (excludes halogenated alkanes) is 6. The molecule has 0 aliphatic carbocycles. The summed E-state index contributed by atoms with van der Waals surface area (Å²) in [6.07, 6.45) is 7.92. The highest BCUT2D eigenvalue weighted by atomic mass is 16.6. The average Bonchev–Trinajstić information content (AvgIpc) is 2.64. The average molecular weight is 393 g/mol. The Morgan fingerprint density at radius 2 is 1.46 bits per heavy atom. The Morgan fingerprint density at radius 1 is 0.893 bits per heavy atom. The Bertz CT molecular complexity index is 607. The fourth-order valence-corrected chi connectivity index (χ4v) is 2.60. The van der Waals surface area contributed by atoms with Gasteiger partial charge in [0.2, 0.25) is 0 Å². The van der Waals surface area contributed by atoms with Crippen LogP contribution in [0, 0.1) is 5.41 Å². The summed E-state index contributed by atoms with van der Waals surface area (Å²) in [4.78, 5) is 24.9. The molecule has 0 atom stereocenters. The van der Waals surface area contributed by atoms with Crippen molar-refractivity contribution in [2.75, 3.05) is 6.61 Å². The van der Waals surface area contributed by atoms with Crippen LogP contribution in [0.25, 0.3) is 0 Å². The number of ether oxygens (including phenoxy) is 3. The van der Waals surface area contributed by atoms with Crippen LogP contribution in [0.3, 0.4) is 0 Å². The second-order valence-corrected chi connectivity index (χ2v) is 7.89. The first-order chi connectivity index (χ1) is 13.3. The van der Waals surface area contributed by atoms with Gasteiger partial charge < -0.3 is 14.2 Å². The van der Waals surface area contributed by atoms with E-state index in [2.05, 4.69) is 6.92 Å². The van der Waals surface area contributed by atoms with E-state index in [0.717, 1.165) is 19.3 Å². The van der Waals surface area contributed by atoms with Crippen LogP contribution < -0.4 is 9.47 Å². The minimum Gasteiger partial charge on any atom is -0.487 e. The first-order valence-corrected chi connectivity index (χ1v) is 10.4. The molecule has 5 heteroatoms. The van der Waals surface area contributed by atoms with E-state index in [1.54, 1.807) is 24.3 Å². The molecule has 0 aliphatic rings. The van der Waals surface area contributed by atoms with Crippen molar-refractivity contribution in [3.8, 4) is 11.5 Å². The normalized spacial score (nSPS) is 11.4. The number of carbonyl (C=O) groups is 2. The summed E-state index contributed by atoms with van der Waals surface area (Å²) in [7, 11) is 0. The largest absolute Gasteiger partial charge is 0.487 e. The SMILES string of the molecule is CCCCCCCCCOC(=O)C(C)(C)C(=O)Oc1ccccc1OC(C)C. The van der Waals surface area contributed by atoms with Gasteiger partial charge in [0.1, 0.15) is 0 Å². The van der Waals surface area contributed by atoms with Gasteiger partial charge in [-0.3, -0.25) is 9.59 Å². The molecule has 0 saturated heterocycles. The highest BCUT2D eigenvalue weighted by molar-refractivity contribution is 6.00. The monoisotopic (exact) mass is 392 g/mol. The molecule has 0 aromatic heterocycles. The molecule has 0 bridgehead atoms. The Labute approximate surface area is 169 Å². The van der Waals surface area contributed by atoms with Gasteiger partial charge in [0.15, 0.2) is 16.9 Å². The fourth-order valence-electron chi connectivity index (χ4n) is 2.60. The third-order valence-corrected chi connectivity index (χ3v) is 4.42. The van der Waals surface area contributed by atoms with Gasteiger partial charge in [-0.1, -0.05) is 57.6 Å². The molecule has 0 heterocycles. The Kier molecular flexibility index (Phi) is 10.6. The number of para-hydroxylation sites is 2. The van der Waals surface area contributed by atoms with Crippen LogP contribution in [0.5, 0.6) is 11.5 Å². The number of esters is 2. The van der Waals surface area contributed by atoms with Crippen molar-refractivity contribution < 1.29 is 23.8 Å². The van der Waals surface area contributed by atoms with Gasteiger partial charge in [0, 0.05) is 0 Å². The van der Waals surface area contributed by atoms with Gasteiger partial charge in [-0.2, -0.15) is 0 Å². The zero-order valence-corrected chi connectivity index (χ0v) is 18.1. The third kappa shape index (κ3) is 8.32. The van der Waals surface area contributed by atoms with Crippen LogP contribution in [0.1, 0.15) is 79.6 Å². The summed E-state index contributed by atoms with van der Waals surface area (Å²) in [6, 6.07) is 6.93. The topological polar surface area (TPSA) is 61.8 Å². The van der Waals surface area contributed by atoms with Crippen molar-refractivity contribution in [2.45, 2.75) is 85.7 Å². The van der Waals surface area contributed by atoms with Crippen molar-refractivity contribution in [1.82, 2.24) is 0 Å². The molecular weight excluding hydrogens is 356 g/mol. The first-order valence-electron chi connectivity index (χ1n) is 10.4. The van der Waals surface area contributed by atoms with E-state index in [0.29, 0.717) is 18.1 Å². The Morgan fingerprint density at radius 3 is 2.07 bits per heavy atom. The van der Waals surface area contributed by atoms with Gasteiger partial charge in [0.05, 0.1) is 12.7 Å². The van der Waals surface area contributed by atoms with E-state index in [-0.39, 0.29) is 6.10 Å². The van der Waals surface area contributed by atoms with E-state index in [1.165, 1.54) is 39.5 Å². The van der Waals surface area contributed by atoms with Crippen LogP contribution in [-0.2, 0) is 14.3 Å². The molecule has 28 heavy (non-hydrogen) atoms. The third-order valence-electron chi connectivity index (χ3n) is 4.42. The van der Waals surface area contributed by atoms with Crippen molar-refractivity contribution >= 4 is 11.9 Å². The molecule has 0 N–H and O–H groups in total. The number of hydrogen-bond donors (Lipinski definition) is 0. The van der Waals surface area contributed by atoms with E-state index in [4.69, 9.17) is 14.2 Å². The number of carbonyl (C=O) groups excluding carboxylic acids is 2. The Hall–Kier alpha value is -2.04. The zero-order valence-electron chi connectivity index (χ0n) is 18.1. The van der Waals surface area contributed by atoms with Crippen LogP contribution in [0.15, 0.2) is 24.3 Å². The molecule has 1 rings (SSSR count). The molecule has 0 fully saturated rings. The summed E-state index contributed by atoms with van der Waals surface area (Å²) in [5.74, 6) is -0.449. The fraction of sp³-hybridized carbons (Fsp3) is 0.652. The number of rotatable bonds is 13. The van der Waals surface area contributed by atoms with Gasteiger partial charge in [-0.25, -0.2) is 0 Å². The number of hydrogen-bond acceptors (Lipinski definition) is 5.